The Labute approximate surface area is 184 Å². The number of benzene rings is 2. The smallest absolute Gasteiger partial charge is 0.225 e. The van der Waals surface area contributed by atoms with Crippen LogP contribution >= 0.6 is 0 Å². The molecule has 2 heterocycles. The van der Waals surface area contributed by atoms with Crippen molar-refractivity contribution in [3.63, 3.8) is 0 Å². The Bertz CT molecular complexity index is 950. The number of amides is 1. The molecule has 164 valence electrons. The molecule has 4 rings (SSSR count). The van der Waals surface area contributed by atoms with Gasteiger partial charge in [-0.2, -0.15) is 0 Å². The number of aliphatic imine (C=N–C) groups is 1. The maximum atomic E-state index is 12.1. The number of fused-ring (bicyclic) bond motifs is 1. The molecule has 0 aliphatic carbocycles. The molecule has 6 nitrogen and oxygen atoms in total. The number of hydrogen-bond acceptors (Lipinski definition) is 3. The molecule has 0 radical (unpaired) electrons. The van der Waals surface area contributed by atoms with E-state index in [0.717, 1.165) is 44.2 Å². The van der Waals surface area contributed by atoms with Crippen LogP contribution in [-0.2, 0) is 14.9 Å². The van der Waals surface area contributed by atoms with Crippen molar-refractivity contribution < 1.29 is 9.53 Å². The van der Waals surface area contributed by atoms with E-state index in [2.05, 4.69) is 58.2 Å². The number of carbonyl (C=O) groups is 1. The summed E-state index contributed by atoms with van der Waals surface area (Å²) < 4.78 is 5.68. The van der Waals surface area contributed by atoms with Crippen molar-refractivity contribution in [2.45, 2.75) is 37.5 Å². The van der Waals surface area contributed by atoms with Crippen LogP contribution in [0.1, 0.15) is 41.9 Å². The van der Waals surface area contributed by atoms with Gasteiger partial charge >= 0.3 is 0 Å². The first-order chi connectivity index (χ1) is 15.1. The second-order valence-electron chi connectivity index (χ2n) is 8.55. The van der Waals surface area contributed by atoms with Gasteiger partial charge in [0.2, 0.25) is 5.91 Å². The molecule has 1 fully saturated rings. The van der Waals surface area contributed by atoms with Gasteiger partial charge in [0.05, 0.1) is 0 Å². The molecule has 2 aromatic rings. The molecule has 2 aliphatic heterocycles. The van der Waals surface area contributed by atoms with Crippen LogP contribution in [0.5, 0.6) is 0 Å². The lowest BCUT2D eigenvalue weighted by molar-refractivity contribution is -0.116. The first-order valence-electron chi connectivity index (χ1n) is 11.1. The highest BCUT2D eigenvalue weighted by Crippen LogP contribution is 2.36. The predicted octanol–water partition coefficient (Wildman–Crippen LogP) is 3.33. The molecule has 2 aliphatic rings. The lowest BCUT2D eigenvalue weighted by atomic mass is 9.72. The Hall–Kier alpha value is -2.86. The molecule has 6 heteroatoms. The summed E-state index contributed by atoms with van der Waals surface area (Å²) in [5.41, 5.74) is 4.82. The average molecular weight is 421 g/mol. The highest BCUT2D eigenvalue weighted by atomic mass is 16.5. The molecule has 1 atom stereocenters. The van der Waals surface area contributed by atoms with Crippen molar-refractivity contribution in [2.75, 3.05) is 38.7 Å². The van der Waals surface area contributed by atoms with Gasteiger partial charge in [0.1, 0.15) is 0 Å². The molecule has 0 aromatic heterocycles. The number of hydrogen-bond donors (Lipinski definition) is 3. The van der Waals surface area contributed by atoms with Gasteiger partial charge in [-0.3, -0.25) is 9.79 Å². The Balaban J connectivity index is 1.43. The zero-order valence-electron chi connectivity index (χ0n) is 18.4. The number of rotatable bonds is 5. The largest absolute Gasteiger partial charge is 0.381 e. The summed E-state index contributed by atoms with van der Waals surface area (Å²) in [7, 11) is 1.79. The molecule has 0 saturated carbocycles. The second kappa shape index (κ2) is 9.52. The molecular weight excluding hydrogens is 388 g/mol. The minimum Gasteiger partial charge on any atom is -0.381 e. The van der Waals surface area contributed by atoms with Gasteiger partial charge in [-0.05, 0) is 42.5 Å². The summed E-state index contributed by atoms with van der Waals surface area (Å²) in [5, 5.41) is 9.98. The Morgan fingerprint density at radius 1 is 1.13 bits per heavy atom. The Kier molecular flexibility index (Phi) is 6.56. The monoisotopic (exact) mass is 420 g/mol. The number of nitrogens with one attached hydrogen (secondary N) is 3. The van der Waals surface area contributed by atoms with Crippen LogP contribution in [0.25, 0.3) is 0 Å². The van der Waals surface area contributed by atoms with E-state index in [4.69, 9.17) is 4.74 Å². The Morgan fingerprint density at radius 2 is 1.87 bits per heavy atom. The number of para-hydroxylation sites is 1. The van der Waals surface area contributed by atoms with Gasteiger partial charge in [-0.15, -0.1) is 0 Å². The van der Waals surface area contributed by atoms with E-state index in [9.17, 15) is 4.79 Å². The third kappa shape index (κ3) is 4.74. The number of nitrogens with zero attached hydrogens (tertiary/aromatic N) is 1. The zero-order valence-corrected chi connectivity index (χ0v) is 18.4. The van der Waals surface area contributed by atoms with E-state index in [1.165, 1.54) is 16.7 Å². The van der Waals surface area contributed by atoms with E-state index < -0.39 is 0 Å². The number of aryl methyl sites for hydroxylation is 1. The van der Waals surface area contributed by atoms with Gasteiger partial charge in [0.15, 0.2) is 5.96 Å². The first-order valence-corrected chi connectivity index (χ1v) is 11.1. The summed E-state index contributed by atoms with van der Waals surface area (Å²) in [6, 6.07) is 16.7. The maximum Gasteiger partial charge on any atom is 0.225 e. The standard InChI is InChI=1S/C25H32N4O2/c1-18-7-3-5-9-21(18)25(11-13-31-14-12-25)17-28-24(26-2)27-16-19-15-23(30)29-22-10-6-4-8-20(19)22/h3-10,19H,11-17H2,1-2H3,(H,29,30)(H2,26,27,28). The quantitative estimate of drug-likeness (QED) is 0.512. The van der Waals surface area contributed by atoms with E-state index in [0.29, 0.717) is 13.0 Å². The molecule has 1 amide bonds. The number of anilines is 1. The molecular formula is C25H32N4O2. The van der Waals surface area contributed by atoms with E-state index in [1.54, 1.807) is 7.05 Å². The van der Waals surface area contributed by atoms with Crippen LogP contribution < -0.4 is 16.0 Å². The maximum absolute atomic E-state index is 12.1. The van der Waals surface area contributed by atoms with E-state index >= 15 is 0 Å². The number of guanidine groups is 1. The zero-order chi connectivity index (χ0) is 21.7. The second-order valence-corrected chi connectivity index (χ2v) is 8.55. The van der Waals surface area contributed by atoms with Crippen molar-refractivity contribution in [3.05, 3.63) is 65.2 Å². The summed E-state index contributed by atoms with van der Waals surface area (Å²) in [5.74, 6) is 0.953. The van der Waals surface area contributed by atoms with Crippen LogP contribution in [0.15, 0.2) is 53.5 Å². The van der Waals surface area contributed by atoms with Gasteiger partial charge in [0.25, 0.3) is 0 Å². The number of carbonyl (C=O) groups excluding carboxylic acids is 1. The van der Waals surface area contributed by atoms with Crippen molar-refractivity contribution in [2.24, 2.45) is 4.99 Å². The summed E-state index contributed by atoms with van der Waals surface area (Å²) in [6.45, 7) is 5.18. The SMILES string of the molecule is CN=C(NCC1CC(=O)Nc2ccccc21)NCC1(c2ccccc2C)CCOCC1. The highest BCUT2D eigenvalue weighted by Gasteiger charge is 2.35. The van der Waals surface area contributed by atoms with Crippen LogP contribution in [0.2, 0.25) is 0 Å². The molecule has 0 bridgehead atoms. The van der Waals surface area contributed by atoms with Crippen LogP contribution in [0, 0.1) is 6.92 Å². The summed E-state index contributed by atoms with van der Waals surface area (Å²) in [4.78, 5) is 16.6. The summed E-state index contributed by atoms with van der Waals surface area (Å²) >= 11 is 0. The summed E-state index contributed by atoms with van der Waals surface area (Å²) in [6.07, 6.45) is 2.45. The molecule has 2 aromatic carbocycles. The van der Waals surface area contributed by atoms with Crippen molar-refractivity contribution >= 4 is 17.6 Å². The Morgan fingerprint density at radius 3 is 2.65 bits per heavy atom. The molecule has 3 N–H and O–H groups in total. The normalized spacial score (nSPS) is 20.5. The van der Waals surface area contributed by atoms with E-state index in [-0.39, 0.29) is 17.2 Å². The third-order valence-corrected chi connectivity index (χ3v) is 6.61. The van der Waals surface area contributed by atoms with Crippen molar-refractivity contribution in [1.29, 1.82) is 0 Å². The molecule has 0 spiro atoms. The molecule has 1 unspecified atom stereocenters. The minimum absolute atomic E-state index is 0.0263. The van der Waals surface area contributed by atoms with Crippen LogP contribution in [0.4, 0.5) is 5.69 Å². The van der Waals surface area contributed by atoms with Gasteiger partial charge in [-0.1, -0.05) is 42.5 Å². The highest BCUT2D eigenvalue weighted by molar-refractivity contribution is 5.94. The van der Waals surface area contributed by atoms with Crippen molar-refractivity contribution in [3.8, 4) is 0 Å². The predicted molar refractivity (Wildman–Crippen MR) is 125 cm³/mol. The fourth-order valence-corrected chi connectivity index (χ4v) is 4.85. The topological polar surface area (TPSA) is 74.8 Å². The third-order valence-electron chi connectivity index (χ3n) is 6.61. The molecule has 1 saturated heterocycles. The van der Waals surface area contributed by atoms with Gasteiger partial charge < -0.3 is 20.7 Å². The first kappa shape index (κ1) is 21.4. The lowest BCUT2D eigenvalue weighted by Gasteiger charge is -2.39. The van der Waals surface area contributed by atoms with E-state index in [1.807, 2.05) is 18.2 Å². The fraction of sp³-hybridized carbons (Fsp3) is 0.440. The lowest BCUT2D eigenvalue weighted by Crippen LogP contribution is -2.49. The fourth-order valence-electron chi connectivity index (χ4n) is 4.85. The molecule has 31 heavy (non-hydrogen) atoms. The van der Waals surface area contributed by atoms with Gasteiger partial charge in [-0.25, -0.2) is 0 Å². The average Bonchev–Trinajstić information content (AvgIpc) is 2.80. The van der Waals surface area contributed by atoms with Crippen LogP contribution in [0.3, 0.4) is 0 Å². The number of ether oxygens (including phenoxy) is 1. The van der Waals surface area contributed by atoms with Crippen LogP contribution in [-0.4, -0.2) is 45.2 Å². The minimum atomic E-state index is 0.0263. The van der Waals surface area contributed by atoms with Gasteiger partial charge in [0, 0.05) is 56.8 Å². The van der Waals surface area contributed by atoms with Crippen molar-refractivity contribution in [1.82, 2.24) is 10.6 Å².